The number of ether oxygens (including phenoxy) is 3. The lowest BCUT2D eigenvalue weighted by molar-refractivity contribution is -0.165. The van der Waals surface area contributed by atoms with Gasteiger partial charge in [0.2, 0.25) is 11.4 Å². The second kappa shape index (κ2) is 8.06. The largest absolute Gasteiger partial charge is 0.467 e. The number of carbonyl (C=O) groups excluding carboxylic acids is 3. The second-order valence-electron chi connectivity index (χ2n) is 4.97. The van der Waals surface area contributed by atoms with Crippen LogP contribution in [0.15, 0.2) is 4.79 Å². The Morgan fingerprint density at radius 1 is 1.17 bits per heavy atom. The number of aryl methyl sites for hydroxylation is 1. The van der Waals surface area contributed by atoms with Crippen molar-refractivity contribution in [3.63, 3.8) is 0 Å². The lowest BCUT2D eigenvalue weighted by Crippen LogP contribution is -2.62. The van der Waals surface area contributed by atoms with Crippen molar-refractivity contribution < 1.29 is 28.6 Å². The summed E-state index contributed by atoms with van der Waals surface area (Å²) in [7, 11) is 3.59. The van der Waals surface area contributed by atoms with Crippen LogP contribution in [0.1, 0.15) is 17.4 Å². The molecular weight excluding hydrogens is 340 g/mol. The van der Waals surface area contributed by atoms with E-state index in [0.717, 1.165) is 32.7 Å². The average molecular weight is 360 g/mol. The molecule has 10 heteroatoms. The molecule has 1 heterocycles. The van der Waals surface area contributed by atoms with E-state index in [2.05, 4.69) is 14.8 Å². The number of hydrogen-bond donors (Lipinski definition) is 1. The zero-order chi connectivity index (χ0) is 18.5. The van der Waals surface area contributed by atoms with Crippen molar-refractivity contribution in [3.8, 4) is 0 Å². The molecule has 0 aliphatic rings. The first kappa shape index (κ1) is 19.8. The number of hydrogen-bond acceptors (Lipinski definition) is 8. The van der Waals surface area contributed by atoms with Crippen molar-refractivity contribution in [3.05, 3.63) is 20.8 Å². The number of nitrogens with zero attached hydrogens (tertiary/aromatic N) is 1. The van der Waals surface area contributed by atoms with Gasteiger partial charge in [-0.15, -0.1) is 0 Å². The summed E-state index contributed by atoms with van der Waals surface area (Å²) in [5.74, 6) is -2.68. The smallest absolute Gasteiger partial charge is 0.343 e. The summed E-state index contributed by atoms with van der Waals surface area (Å²) in [6.45, 7) is 2.85. The lowest BCUT2D eigenvalue weighted by atomic mass is 9.90. The molecule has 0 aliphatic heterocycles. The van der Waals surface area contributed by atoms with Crippen LogP contribution in [0, 0.1) is 6.92 Å². The zero-order valence-corrected chi connectivity index (χ0v) is 14.9. The van der Waals surface area contributed by atoms with Crippen LogP contribution in [0.4, 0.5) is 0 Å². The lowest BCUT2D eigenvalue weighted by Gasteiger charge is -2.28. The van der Waals surface area contributed by atoms with E-state index in [4.69, 9.17) is 4.74 Å². The van der Waals surface area contributed by atoms with Gasteiger partial charge in [0.05, 0.1) is 14.2 Å². The minimum Gasteiger partial charge on any atom is -0.467 e. The Morgan fingerprint density at radius 3 is 2.12 bits per heavy atom. The van der Waals surface area contributed by atoms with E-state index < -0.39 is 28.9 Å². The maximum atomic E-state index is 12.4. The Balaban J connectivity index is 3.46. The van der Waals surface area contributed by atoms with Crippen LogP contribution in [-0.4, -0.2) is 48.7 Å². The van der Waals surface area contributed by atoms with E-state index in [0.29, 0.717) is 4.88 Å². The molecule has 0 bridgehead atoms. The molecule has 0 aliphatic carbocycles. The average Bonchev–Trinajstić information content (AvgIpc) is 2.79. The highest BCUT2D eigenvalue weighted by atomic mass is 32.1. The van der Waals surface area contributed by atoms with E-state index in [-0.39, 0.29) is 18.7 Å². The number of esters is 2. The molecule has 1 rings (SSSR count). The van der Waals surface area contributed by atoms with Crippen LogP contribution < -0.4 is 10.9 Å². The van der Waals surface area contributed by atoms with Gasteiger partial charge in [-0.3, -0.25) is 9.59 Å². The summed E-state index contributed by atoms with van der Waals surface area (Å²) < 4.78 is 15.6. The Labute approximate surface area is 142 Å². The predicted octanol–water partition coefficient (Wildman–Crippen LogP) is -0.414. The van der Waals surface area contributed by atoms with Gasteiger partial charge in [0.25, 0.3) is 5.56 Å². The predicted molar refractivity (Wildman–Crippen MR) is 84.6 cm³/mol. The molecule has 0 spiro atoms. The summed E-state index contributed by atoms with van der Waals surface area (Å²) in [6, 6.07) is 0. The van der Waals surface area contributed by atoms with Crippen LogP contribution in [0.25, 0.3) is 0 Å². The molecule has 0 aromatic carbocycles. The van der Waals surface area contributed by atoms with E-state index in [1.54, 1.807) is 6.92 Å². The summed E-state index contributed by atoms with van der Waals surface area (Å²) in [6.07, 6.45) is -0.385. The molecule has 1 amide bonds. The molecule has 24 heavy (non-hydrogen) atoms. The third kappa shape index (κ3) is 3.82. The normalized spacial score (nSPS) is 11.0. The topological polar surface area (TPSA) is 113 Å². The van der Waals surface area contributed by atoms with Gasteiger partial charge in [-0.05, 0) is 6.92 Å². The van der Waals surface area contributed by atoms with Crippen LogP contribution in [-0.2, 0) is 41.7 Å². The highest BCUT2D eigenvalue weighted by Crippen LogP contribution is 2.21. The third-order valence-corrected chi connectivity index (χ3v) is 4.31. The van der Waals surface area contributed by atoms with E-state index >= 15 is 0 Å². The zero-order valence-electron chi connectivity index (χ0n) is 14.1. The fourth-order valence-corrected chi connectivity index (χ4v) is 3.20. The van der Waals surface area contributed by atoms with Gasteiger partial charge in [-0.2, -0.15) is 0 Å². The summed E-state index contributed by atoms with van der Waals surface area (Å²) in [5.41, 5.74) is -2.35. The molecule has 0 saturated heterocycles. The van der Waals surface area contributed by atoms with Crippen molar-refractivity contribution in [2.24, 2.45) is 0 Å². The highest BCUT2D eigenvalue weighted by molar-refractivity contribution is 7.06. The third-order valence-electron chi connectivity index (χ3n) is 3.30. The molecule has 0 atom stereocenters. The van der Waals surface area contributed by atoms with Gasteiger partial charge in [-0.1, -0.05) is 11.5 Å². The van der Waals surface area contributed by atoms with E-state index in [1.165, 1.54) is 11.1 Å². The van der Waals surface area contributed by atoms with Crippen molar-refractivity contribution in [2.45, 2.75) is 32.5 Å². The number of methoxy groups -OCH3 is 3. The SMILES string of the molecule is COCn1sc(C)c(CC(NC(C)=O)(C(=O)OC)C(=O)OC)c1=O. The fraction of sp³-hybridized carbons (Fsp3) is 0.571. The molecule has 134 valence electrons. The van der Waals surface area contributed by atoms with Gasteiger partial charge in [0.15, 0.2) is 0 Å². The molecule has 1 N–H and O–H groups in total. The van der Waals surface area contributed by atoms with Gasteiger partial charge >= 0.3 is 11.9 Å². The standard InChI is InChI=1S/C14H20N2O7S/c1-8-10(11(18)16(24-8)7-21-3)6-14(12(19)22-4,13(20)23-5)15-9(2)17/h6-7H2,1-5H3,(H,15,17). The van der Waals surface area contributed by atoms with Crippen LogP contribution in [0.5, 0.6) is 0 Å². The fourth-order valence-electron chi connectivity index (χ4n) is 2.25. The van der Waals surface area contributed by atoms with Gasteiger partial charge in [0.1, 0.15) is 6.73 Å². The van der Waals surface area contributed by atoms with Crippen LogP contribution >= 0.6 is 11.5 Å². The highest BCUT2D eigenvalue weighted by Gasteiger charge is 2.50. The first-order valence-electron chi connectivity index (χ1n) is 6.87. The second-order valence-corrected chi connectivity index (χ2v) is 6.21. The molecule has 1 aromatic heterocycles. The molecule has 0 fully saturated rings. The number of aromatic nitrogens is 1. The molecule has 0 radical (unpaired) electrons. The van der Waals surface area contributed by atoms with E-state index in [1.807, 2.05) is 0 Å². The Bertz CT molecular complexity index is 676. The maximum Gasteiger partial charge on any atom is 0.343 e. The van der Waals surface area contributed by atoms with Gasteiger partial charge < -0.3 is 19.5 Å². The van der Waals surface area contributed by atoms with Crippen molar-refractivity contribution in [1.82, 2.24) is 9.27 Å². The molecule has 1 aromatic rings. The first-order chi connectivity index (χ1) is 11.2. The van der Waals surface area contributed by atoms with Crippen molar-refractivity contribution in [1.29, 1.82) is 0 Å². The quantitative estimate of drug-likeness (QED) is 0.519. The van der Waals surface area contributed by atoms with Gasteiger partial charge in [-0.25, -0.2) is 13.5 Å². The Hall–Kier alpha value is -2.20. The summed E-state index contributed by atoms with van der Waals surface area (Å²) in [4.78, 5) is 49.1. The molecule has 0 saturated carbocycles. The van der Waals surface area contributed by atoms with Crippen LogP contribution in [0.3, 0.4) is 0 Å². The van der Waals surface area contributed by atoms with Gasteiger partial charge in [0, 0.05) is 30.9 Å². The maximum absolute atomic E-state index is 12.4. The van der Waals surface area contributed by atoms with Crippen LogP contribution in [0.2, 0.25) is 0 Å². The number of carbonyl (C=O) groups is 3. The summed E-state index contributed by atoms with van der Waals surface area (Å²) in [5, 5.41) is 2.28. The molecule has 0 unspecified atom stereocenters. The van der Waals surface area contributed by atoms with Crippen molar-refractivity contribution in [2.75, 3.05) is 21.3 Å². The minimum absolute atomic E-state index is 0.0356. The van der Waals surface area contributed by atoms with Crippen molar-refractivity contribution >= 4 is 29.4 Å². The first-order valence-corrected chi connectivity index (χ1v) is 7.65. The Morgan fingerprint density at radius 2 is 1.71 bits per heavy atom. The number of amides is 1. The minimum atomic E-state index is -2.13. The summed E-state index contributed by atoms with van der Waals surface area (Å²) >= 11 is 1.13. The number of rotatable bonds is 7. The molecule has 9 nitrogen and oxygen atoms in total. The molecular formula is C14H20N2O7S. The van der Waals surface area contributed by atoms with E-state index in [9.17, 15) is 19.2 Å². The number of nitrogens with one attached hydrogen (secondary N) is 1. The monoisotopic (exact) mass is 360 g/mol. The Kier molecular flexibility index (Phi) is 6.67.